The highest BCUT2D eigenvalue weighted by Gasteiger charge is 2.09. The van der Waals surface area contributed by atoms with Crippen molar-refractivity contribution in [2.75, 3.05) is 5.73 Å². The van der Waals surface area contributed by atoms with Crippen LogP contribution in [0.3, 0.4) is 0 Å². The molecule has 0 aliphatic carbocycles. The molecule has 0 aliphatic heterocycles. The third-order valence-corrected chi connectivity index (χ3v) is 3.37. The summed E-state index contributed by atoms with van der Waals surface area (Å²) in [5.41, 5.74) is 8.54. The van der Waals surface area contributed by atoms with Crippen LogP contribution in [-0.4, -0.2) is 10.9 Å². The lowest BCUT2D eigenvalue weighted by atomic mass is 10.2. The zero-order chi connectivity index (χ0) is 13.1. The summed E-state index contributed by atoms with van der Waals surface area (Å²) in [5.74, 6) is -0.872. The van der Waals surface area contributed by atoms with Gasteiger partial charge in [-0.25, -0.2) is 9.37 Å². The van der Waals surface area contributed by atoms with Crippen LogP contribution in [-0.2, 0) is 6.54 Å². The molecule has 94 valence electrons. The number of thiazole rings is 1. The number of nitrogens with two attached hydrogens (primary N) is 1. The maximum absolute atomic E-state index is 13.1. The van der Waals surface area contributed by atoms with Crippen LogP contribution in [0.4, 0.5) is 10.1 Å². The van der Waals surface area contributed by atoms with Crippen LogP contribution in [0.15, 0.2) is 23.7 Å². The van der Waals surface area contributed by atoms with E-state index < -0.39 is 5.82 Å². The van der Waals surface area contributed by atoms with Gasteiger partial charge < -0.3 is 11.1 Å². The lowest BCUT2D eigenvalue weighted by molar-refractivity contribution is 0.0951. The van der Waals surface area contributed by atoms with E-state index in [1.54, 1.807) is 5.51 Å². The number of carbonyl (C=O) groups is 1. The number of amides is 1. The number of aromatic nitrogens is 1. The average Bonchev–Trinajstić information content (AvgIpc) is 2.70. The molecule has 1 amide bonds. The Morgan fingerprint density at radius 3 is 2.89 bits per heavy atom. The van der Waals surface area contributed by atoms with E-state index >= 15 is 0 Å². The number of nitrogens with zero attached hydrogens (tertiary/aromatic N) is 1. The molecule has 1 heterocycles. The number of hydrogen-bond donors (Lipinski definition) is 2. The molecule has 2 aromatic rings. The predicted molar refractivity (Wildman–Crippen MR) is 68.8 cm³/mol. The molecule has 0 atom stereocenters. The lowest BCUT2D eigenvalue weighted by Crippen LogP contribution is -2.23. The fourth-order valence-electron chi connectivity index (χ4n) is 1.50. The van der Waals surface area contributed by atoms with E-state index in [1.165, 1.54) is 23.5 Å². The minimum Gasteiger partial charge on any atom is -0.399 e. The molecule has 4 nitrogen and oxygen atoms in total. The standard InChI is InChI=1S/C12H12FN3OS/c1-7-11(18-6-16-7)5-15-12(17)8-2-9(13)4-10(14)3-8/h2-4,6H,5,14H2,1H3,(H,15,17). The van der Waals surface area contributed by atoms with E-state index in [4.69, 9.17) is 5.73 Å². The number of rotatable bonds is 3. The van der Waals surface area contributed by atoms with Gasteiger partial charge in [-0.05, 0) is 25.1 Å². The van der Waals surface area contributed by atoms with E-state index in [9.17, 15) is 9.18 Å². The van der Waals surface area contributed by atoms with Crippen LogP contribution in [0.25, 0.3) is 0 Å². The first-order valence-electron chi connectivity index (χ1n) is 5.29. The van der Waals surface area contributed by atoms with Crippen LogP contribution in [0.5, 0.6) is 0 Å². The Balaban J connectivity index is 2.06. The van der Waals surface area contributed by atoms with Crippen molar-refractivity contribution in [1.29, 1.82) is 0 Å². The molecular weight excluding hydrogens is 253 g/mol. The van der Waals surface area contributed by atoms with Gasteiger partial charge in [-0.2, -0.15) is 0 Å². The third kappa shape index (κ3) is 2.84. The van der Waals surface area contributed by atoms with E-state index in [-0.39, 0.29) is 17.2 Å². The van der Waals surface area contributed by atoms with Crippen molar-refractivity contribution in [3.05, 3.63) is 45.7 Å². The van der Waals surface area contributed by atoms with Crippen molar-refractivity contribution in [2.45, 2.75) is 13.5 Å². The number of nitrogen functional groups attached to an aromatic ring is 1. The first kappa shape index (κ1) is 12.5. The van der Waals surface area contributed by atoms with Crippen LogP contribution in [0.1, 0.15) is 20.9 Å². The van der Waals surface area contributed by atoms with Gasteiger partial charge in [0, 0.05) is 16.1 Å². The molecule has 0 fully saturated rings. The maximum atomic E-state index is 13.1. The number of hydrogen-bond acceptors (Lipinski definition) is 4. The molecule has 0 saturated carbocycles. The Morgan fingerprint density at radius 1 is 1.50 bits per heavy atom. The largest absolute Gasteiger partial charge is 0.399 e. The minimum atomic E-state index is -0.519. The van der Waals surface area contributed by atoms with Crippen molar-refractivity contribution in [3.63, 3.8) is 0 Å². The fraction of sp³-hybridized carbons (Fsp3) is 0.167. The van der Waals surface area contributed by atoms with Crippen LogP contribution in [0.2, 0.25) is 0 Å². The second-order valence-corrected chi connectivity index (χ2v) is 4.76. The molecule has 1 aromatic carbocycles. The van der Waals surface area contributed by atoms with Gasteiger partial charge in [-0.15, -0.1) is 11.3 Å². The summed E-state index contributed by atoms with van der Waals surface area (Å²) in [5, 5.41) is 2.71. The molecule has 0 unspecified atom stereocenters. The second kappa shape index (κ2) is 5.14. The highest BCUT2D eigenvalue weighted by molar-refractivity contribution is 7.09. The minimum absolute atomic E-state index is 0.217. The summed E-state index contributed by atoms with van der Waals surface area (Å²) < 4.78 is 13.1. The van der Waals surface area contributed by atoms with Gasteiger partial charge in [0.25, 0.3) is 5.91 Å². The van der Waals surface area contributed by atoms with E-state index in [0.29, 0.717) is 6.54 Å². The number of aryl methyl sites for hydroxylation is 1. The summed E-state index contributed by atoms with van der Waals surface area (Å²) in [7, 11) is 0. The van der Waals surface area contributed by atoms with Crippen LogP contribution < -0.4 is 11.1 Å². The highest BCUT2D eigenvalue weighted by atomic mass is 32.1. The number of halogens is 1. The molecule has 0 saturated heterocycles. The Morgan fingerprint density at radius 2 is 2.28 bits per heavy atom. The zero-order valence-electron chi connectivity index (χ0n) is 9.74. The van der Waals surface area contributed by atoms with E-state index in [2.05, 4.69) is 10.3 Å². The topological polar surface area (TPSA) is 68.0 Å². The van der Waals surface area contributed by atoms with Crippen molar-refractivity contribution in [1.82, 2.24) is 10.3 Å². The highest BCUT2D eigenvalue weighted by Crippen LogP contribution is 2.13. The summed E-state index contributed by atoms with van der Waals surface area (Å²) in [6.45, 7) is 2.25. The normalized spacial score (nSPS) is 10.3. The first-order valence-corrected chi connectivity index (χ1v) is 6.17. The molecule has 18 heavy (non-hydrogen) atoms. The quantitative estimate of drug-likeness (QED) is 0.835. The van der Waals surface area contributed by atoms with Gasteiger partial charge in [0.1, 0.15) is 5.82 Å². The predicted octanol–water partition coefficient (Wildman–Crippen LogP) is 2.10. The van der Waals surface area contributed by atoms with Gasteiger partial charge in [0.05, 0.1) is 17.7 Å². The van der Waals surface area contributed by atoms with Crippen molar-refractivity contribution in [3.8, 4) is 0 Å². The Bertz CT molecular complexity index is 562. The summed E-state index contributed by atoms with van der Waals surface area (Å²) in [6.07, 6.45) is 0. The van der Waals surface area contributed by atoms with Gasteiger partial charge in [-0.1, -0.05) is 0 Å². The molecule has 6 heteroatoms. The summed E-state index contributed by atoms with van der Waals surface area (Å²) in [6, 6.07) is 3.77. The Labute approximate surface area is 108 Å². The summed E-state index contributed by atoms with van der Waals surface area (Å²) in [4.78, 5) is 16.9. The SMILES string of the molecule is Cc1ncsc1CNC(=O)c1cc(N)cc(F)c1. The summed E-state index contributed by atoms with van der Waals surface area (Å²) >= 11 is 1.47. The molecule has 0 spiro atoms. The molecule has 1 aromatic heterocycles. The molecule has 0 radical (unpaired) electrons. The van der Waals surface area contributed by atoms with Crippen molar-refractivity contribution in [2.24, 2.45) is 0 Å². The molecule has 0 bridgehead atoms. The molecule has 2 rings (SSSR count). The average molecular weight is 265 g/mol. The van der Waals surface area contributed by atoms with Gasteiger partial charge in [-0.3, -0.25) is 4.79 Å². The van der Waals surface area contributed by atoms with Crippen molar-refractivity contribution < 1.29 is 9.18 Å². The molecule has 0 aliphatic rings. The monoisotopic (exact) mass is 265 g/mol. The van der Waals surface area contributed by atoms with Crippen LogP contribution in [0, 0.1) is 12.7 Å². The van der Waals surface area contributed by atoms with Crippen molar-refractivity contribution >= 4 is 22.9 Å². The number of nitrogens with one attached hydrogen (secondary N) is 1. The van der Waals surface area contributed by atoms with Gasteiger partial charge in [0.2, 0.25) is 0 Å². The molecule has 3 N–H and O–H groups in total. The molecular formula is C12H12FN3OS. The number of carbonyl (C=O) groups excluding carboxylic acids is 1. The smallest absolute Gasteiger partial charge is 0.251 e. The van der Waals surface area contributed by atoms with Gasteiger partial charge >= 0.3 is 0 Å². The fourth-order valence-corrected chi connectivity index (χ4v) is 2.22. The third-order valence-electron chi connectivity index (χ3n) is 2.44. The lowest BCUT2D eigenvalue weighted by Gasteiger charge is -2.05. The van der Waals surface area contributed by atoms with Gasteiger partial charge in [0.15, 0.2) is 0 Å². The number of benzene rings is 1. The maximum Gasteiger partial charge on any atom is 0.251 e. The zero-order valence-corrected chi connectivity index (χ0v) is 10.6. The number of anilines is 1. The Hall–Kier alpha value is -1.95. The van der Waals surface area contributed by atoms with Crippen LogP contribution >= 0.6 is 11.3 Å². The first-order chi connectivity index (χ1) is 8.56. The van der Waals surface area contributed by atoms with E-state index in [1.807, 2.05) is 6.92 Å². The Kier molecular flexibility index (Phi) is 3.57. The van der Waals surface area contributed by atoms with E-state index in [0.717, 1.165) is 16.6 Å². The second-order valence-electron chi connectivity index (χ2n) is 3.82.